The van der Waals surface area contributed by atoms with Crippen LogP contribution in [0, 0.1) is 5.92 Å². The van der Waals surface area contributed by atoms with Crippen molar-refractivity contribution in [2.24, 2.45) is 10.9 Å². The van der Waals surface area contributed by atoms with E-state index in [2.05, 4.69) is 17.1 Å². The number of nitrogens with one attached hydrogen (secondary N) is 1. The second-order valence-electron chi connectivity index (χ2n) is 7.38. The Morgan fingerprint density at radius 3 is 2.40 bits per heavy atom. The van der Waals surface area contributed by atoms with Crippen LogP contribution in [0.5, 0.6) is 0 Å². The van der Waals surface area contributed by atoms with Gasteiger partial charge in [-0.15, -0.1) is 0 Å². The predicted molar refractivity (Wildman–Crippen MR) is 97.3 cm³/mol. The lowest BCUT2D eigenvalue weighted by molar-refractivity contribution is -0.135. The summed E-state index contributed by atoms with van der Waals surface area (Å²) in [5, 5.41) is 3.34. The van der Waals surface area contributed by atoms with Crippen molar-refractivity contribution in [3.05, 3.63) is 0 Å². The lowest BCUT2D eigenvalue weighted by Gasteiger charge is -2.36. The number of carbonyl (C=O) groups is 2. The average molecular weight is 349 g/mol. The van der Waals surface area contributed by atoms with E-state index in [-0.39, 0.29) is 11.8 Å². The van der Waals surface area contributed by atoms with Crippen LogP contribution < -0.4 is 5.32 Å². The summed E-state index contributed by atoms with van der Waals surface area (Å²) in [7, 11) is 0. The van der Waals surface area contributed by atoms with Crippen molar-refractivity contribution in [3.63, 3.8) is 0 Å². The van der Waals surface area contributed by atoms with Gasteiger partial charge in [0.05, 0.1) is 6.54 Å². The van der Waals surface area contributed by atoms with Crippen molar-refractivity contribution in [3.8, 4) is 0 Å². The van der Waals surface area contributed by atoms with Gasteiger partial charge in [0.2, 0.25) is 11.8 Å². The van der Waals surface area contributed by atoms with Crippen LogP contribution in [0.3, 0.4) is 0 Å². The third kappa shape index (κ3) is 4.64. The molecule has 0 aromatic rings. The first-order chi connectivity index (χ1) is 12.1. The number of hydrogen-bond donors (Lipinski definition) is 1. The van der Waals surface area contributed by atoms with E-state index in [0.717, 1.165) is 58.1 Å². The molecule has 7 heteroatoms. The highest BCUT2D eigenvalue weighted by Crippen LogP contribution is 2.28. The van der Waals surface area contributed by atoms with E-state index in [1.807, 2.05) is 9.80 Å². The molecular weight excluding hydrogens is 318 g/mol. The molecule has 2 heterocycles. The average Bonchev–Trinajstić information content (AvgIpc) is 3.43. The van der Waals surface area contributed by atoms with Crippen LogP contribution in [0.2, 0.25) is 0 Å². The standard InChI is InChI=1S/C18H31N5O2/c1-3-19-18(20-12-15-6-8-21(9-7-15)14(2)24)22-10-11-23(16-4-5-16)17(25)13-22/h15-16H,3-13H2,1-2H3,(H,19,20). The minimum Gasteiger partial charge on any atom is -0.357 e. The van der Waals surface area contributed by atoms with Gasteiger partial charge in [0, 0.05) is 52.2 Å². The van der Waals surface area contributed by atoms with Gasteiger partial charge in [-0.2, -0.15) is 0 Å². The molecule has 3 rings (SSSR count). The van der Waals surface area contributed by atoms with Crippen LogP contribution in [-0.2, 0) is 9.59 Å². The minimum atomic E-state index is 0.169. The molecule has 2 amide bonds. The quantitative estimate of drug-likeness (QED) is 0.593. The molecule has 0 unspecified atom stereocenters. The van der Waals surface area contributed by atoms with Crippen LogP contribution in [0.4, 0.5) is 0 Å². The Hall–Kier alpha value is -1.79. The Morgan fingerprint density at radius 2 is 1.84 bits per heavy atom. The van der Waals surface area contributed by atoms with E-state index >= 15 is 0 Å². The van der Waals surface area contributed by atoms with Gasteiger partial charge in [-0.3, -0.25) is 14.6 Å². The molecule has 3 aliphatic rings. The van der Waals surface area contributed by atoms with Gasteiger partial charge in [0.1, 0.15) is 0 Å². The van der Waals surface area contributed by atoms with Crippen molar-refractivity contribution in [1.29, 1.82) is 0 Å². The number of amides is 2. The minimum absolute atomic E-state index is 0.169. The Kier molecular flexibility index (Phi) is 5.81. The van der Waals surface area contributed by atoms with Gasteiger partial charge in [0.25, 0.3) is 0 Å². The number of nitrogens with zero attached hydrogens (tertiary/aromatic N) is 4. The summed E-state index contributed by atoms with van der Waals surface area (Å²) in [4.78, 5) is 34.6. The molecule has 0 atom stereocenters. The molecule has 0 radical (unpaired) electrons. The molecule has 0 spiro atoms. The van der Waals surface area contributed by atoms with Gasteiger partial charge in [-0.1, -0.05) is 0 Å². The molecule has 25 heavy (non-hydrogen) atoms. The zero-order chi connectivity index (χ0) is 17.8. The van der Waals surface area contributed by atoms with Gasteiger partial charge in [-0.05, 0) is 38.5 Å². The van der Waals surface area contributed by atoms with Gasteiger partial charge in [-0.25, -0.2) is 0 Å². The van der Waals surface area contributed by atoms with E-state index in [1.165, 1.54) is 12.8 Å². The number of hydrogen-bond acceptors (Lipinski definition) is 3. The summed E-state index contributed by atoms with van der Waals surface area (Å²) in [5.41, 5.74) is 0. The SMILES string of the molecule is CCNC(=NCC1CCN(C(C)=O)CC1)N1CCN(C2CC2)C(=O)C1. The highest BCUT2D eigenvalue weighted by atomic mass is 16.2. The largest absolute Gasteiger partial charge is 0.357 e. The first kappa shape index (κ1) is 18.0. The van der Waals surface area contributed by atoms with Gasteiger partial charge < -0.3 is 20.0 Å². The monoisotopic (exact) mass is 349 g/mol. The first-order valence-electron chi connectivity index (χ1n) is 9.66. The summed E-state index contributed by atoms with van der Waals surface area (Å²) >= 11 is 0. The molecule has 1 N–H and O–H groups in total. The number of piperazine rings is 1. The fourth-order valence-corrected chi connectivity index (χ4v) is 3.71. The number of likely N-dealkylation sites (tertiary alicyclic amines) is 1. The molecule has 140 valence electrons. The van der Waals surface area contributed by atoms with Crippen molar-refractivity contribution in [2.45, 2.75) is 45.6 Å². The van der Waals surface area contributed by atoms with Crippen LogP contribution in [0.25, 0.3) is 0 Å². The lowest BCUT2D eigenvalue weighted by Crippen LogP contribution is -2.55. The zero-order valence-electron chi connectivity index (χ0n) is 15.5. The number of carbonyl (C=O) groups excluding carboxylic acids is 2. The molecule has 7 nitrogen and oxygen atoms in total. The van der Waals surface area contributed by atoms with E-state index in [0.29, 0.717) is 18.5 Å². The normalized spacial score (nSPS) is 23.2. The summed E-state index contributed by atoms with van der Waals surface area (Å²) in [6, 6.07) is 0.501. The Bertz CT molecular complexity index is 524. The molecular formula is C18H31N5O2. The highest BCUT2D eigenvalue weighted by molar-refractivity contribution is 5.88. The highest BCUT2D eigenvalue weighted by Gasteiger charge is 2.36. The van der Waals surface area contributed by atoms with Crippen LogP contribution in [0.1, 0.15) is 39.5 Å². The lowest BCUT2D eigenvalue weighted by atomic mass is 9.97. The number of piperidine rings is 1. The number of guanidine groups is 1. The topological polar surface area (TPSA) is 68.2 Å². The molecule has 0 aromatic heterocycles. The molecule has 3 fully saturated rings. The van der Waals surface area contributed by atoms with Gasteiger partial charge in [0.15, 0.2) is 5.96 Å². The van der Waals surface area contributed by atoms with Crippen molar-refractivity contribution < 1.29 is 9.59 Å². The smallest absolute Gasteiger partial charge is 0.242 e. The maximum Gasteiger partial charge on any atom is 0.242 e. The van der Waals surface area contributed by atoms with E-state index in [1.54, 1.807) is 6.92 Å². The summed E-state index contributed by atoms with van der Waals surface area (Å²) in [6.45, 7) is 9.05. The van der Waals surface area contributed by atoms with Gasteiger partial charge >= 0.3 is 0 Å². The fraction of sp³-hybridized carbons (Fsp3) is 0.833. The Labute approximate surface area is 150 Å². The van der Waals surface area contributed by atoms with E-state index in [4.69, 9.17) is 4.99 Å². The van der Waals surface area contributed by atoms with Crippen molar-refractivity contribution >= 4 is 17.8 Å². The van der Waals surface area contributed by atoms with Crippen LogP contribution in [0.15, 0.2) is 4.99 Å². The molecule has 0 aromatic carbocycles. The third-order valence-corrected chi connectivity index (χ3v) is 5.44. The Morgan fingerprint density at radius 1 is 1.12 bits per heavy atom. The molecule has 2 saturated heterocycles. The summed E-state index contributed by atoms with van der Waals surface area (Å²) in [5.74, 6) is 1.78. The second-order valence-corrected chi connectivity index (χ2v) is 7.38. The third-order valence-electron chi connectivity index (χ3n) is 5.44. The molecule has 1 aliphatic carbocycles. The zero-order valence-corrected chi connectivity index (χ0v) is 15.5. The van der Waals surface area contributed by atoms with E-state index in [9.17, 15) is 9.59 Å². The molecule has 2 aliphatic heterocycles. The van der Waals surface area contributed by atoms with Crippen LogP contribution in [-0.4, -0.2) is 84.3 Å². The van der Waals surface area contributed by atoms with Crippen LogP contribution >= 0.6 is 0 Å². The number of aliphatic imine (C=N–C) groups is 1. The molecule has 0 bridgehead atoms. The summed E-state index contributed by atoms with van der Waals surface area (Å²) < 4.78 is 0. The number of rotatable bonds is 4. The predicted octanol–water partition coefficient (Wildman–Crippen LogP) is 0.517. The first-order valence-corrected chi connectivity index (χ1v) is 9.66. The van der Waals surface area contributed by atoms with E-state index < -0.39 is 0 Å². The maximum atomic E-state index is 12.4. The Balaban J connectivity index is 1.53. The molecule has 1 saturated carbocycles. The van der Waals surface area contributed by atoms with Crippen molar-refractivity contribution in [2.75, 3.05) is 45.8 Å². The maximum absolute atomic E-state index is 12.4. The summed E-state index contributed by atoms with van der Waals surface area (Å²) in [6.07, 6.45) is 4.35. The van der Waals surface area contributed by atoms with Crippen molar-refractivity contribution in [1.82, 2.24) is 20.0 Å². The second kappa shape index (κ2) is 8.06. The fourth-order valence-electron chi connectivity index (χ4n) is 3.71.